The Labute approximate surface area is 106 Å². The fourth-order valence-electron chi connectivity index (χ4n) is 1.80. The lowest BCUT2D eigenvalue weighted by Gasteiger charge is -2.03. The highest BCUT2D eigenvalue weighted by Crippen LogP contribution is 2.21. The molecule has 0 fully saturated rings. The van der Waals surface area contributed by atoms with Crippen molar-refractivity contribution in [1.82, 2.24) is 19.5 Å². The Bertz CT molecular complexity index is 782. The van der Waals surface area contributed by atoms with Gasteiger partial charge in [0, 0.05) is 12.1 Å². The number of rotatable bonds is 2. The van der Waals surface area contributed by atoms with E-state index in [1.54, 1.807) is 16.7 Å². The first-order chi connectivity index (χ1) is 9.16. The van der Waals surface area contributed by atoms with E-state index in [9.17, 15) is 10.1 Å². The van der Waals surface area contributed by atoms with Gasteiger partial charge in [-0.3, -0.25) is 14.7 Å². The van der Waals surface area contributed by atoms with Crippen molar-refractivity contribution in [3.05, 3.63) is 47.0 Å². The Morgan fingerprint density at radius 3 is 2.89 bits per heavy atom. The Balaban J connectivity index is 2.22. The first kappa shape index (κ1) is 11.1. The van der Waals surface area contributed by atoms with E-state index in [0.717, 1.165) is 0 Å². The van der Waals surface area contributed by atoms with Gasteiger partial charge in [0.15, 0.2) is 17.0 Å². The smallest absolute Gasteiger partial charge is 0.271 e. The molecule has 0 aliphatic carbocycles. The van der Waals surface area contributed by atoms with Gasteiger partial charge in [-0.05, 0) is 6.07 Å². The van der Waals surface area contributed by atoms with Crippen LogP contribution >= 0.6 is 0 Å². The first-order valence-electron chi connectivity index (χ1n) is 5.35. The molecule has 1 aromatic carbocycles. The number of nitrogens with two attached hydrogens (primary N) is 1. The number of non-ortho nitro benzene ring substituents is 1. The number of nitro groups is 1. The average molecular weight is 256 g/mol. The van der Waals surface area contributed by atoms with E-state index in [-0.39, 0.29) is 11.5 Å². The van der Waals surface area contributed by atoms with Crippen molar-refractivity contribution in [1.29, 1.82) is 0 Å². The predicted molar refractivity (Wildman–Crippen MR) is 67.7 cm³/mol. The predicted octanol–water partition coefficient (Wildman–Crippen LogP) is 1.31. The van der Waals surface area contributed by atoms with Gasteiger partial charge in [0.2, 0.25) is 0 Å². The molecule has 8 nitrogen and oxygen atoms in total. The number of nitrogen functional groups attached to an aromatic ring is 1. The van der Waals surface area contributed by atoms with Crippen LogP contribution in [0.2, 0.25) is 0 Å². The van der Waals surface area contributed by atoms with E-state index >= 15 is 0 Å². The molecule has 0 atom stereocenters. The molecule has 19 heavy (non-hydrogen) atoms. The lowest BCUT2D eigenvalue weighted by molar-refractivity contribution is -0.384. The number of nitro benzene ring substituents is 1. The van der Waals surface area contributed by atoms with Crippen LogP contribution in [0.3, 0.4) is 0 Å². The highest BCUT2D eigenvalue weighted by molar-refractivity contribution is 5.82. The zero-order valence-electron chi connectivity index (χ0n) is 9.59. The van der Waals surface area contributed by atoms with Crippen LogP contribution < -0.4 is 5.73 Å². The third-order valence-corrected chi connectivity index (χ3v) is 2.68. The van der Waals surface area contributed by atoms with Crippen LogP contribution in [0.15, 0.2) is 36.9 Å². The molecule has 2 heterocycles. The Morgan fingerprint density at radius 2 is 2.11 bits per heavy atom. The summed E-state index contributed by atoms with van der Waals surface area (Å²) in [5, 5.41) is 10.8. The van der Waals surface area contributed by atoms with Gasteiger partial charge in [-0.15, -0.1) is 0 Å². The third-order valence-electron chi connectivity index (χ3n) is 2.68. The molecule has 0 aliphatic rings. The van der Waals surface area contributed by atoms with Crippen molar-refractivity contribution < 1.29 is 4.92 Å². The lowest BCUT2D eigenvalue weighted by Crippen LogP contribution is -1.97. The number of anilines is 1. The first-order valence-corrected chi connectivity index (χ1v) is 5.35. The van der Waals surface area contributed by atoms with Gasteiger partial charge in [-0.1, -0.05) is 6.07 Å². The Kier molecular flexibility index (Phi) is 2.34. The second-order valence-corrected chi connectivity index (χ2v) is 3.82. The normalized spacial score (nSPS) is 10.7. The minimum Gasteiger partial charge on any atom is -0.382 e. The van der Waals surface area contributed by atoms with Gasteiger partial charge in [0.05, 0.1) is 10.6 Å². The van der Waals surface area contributed by atoms with Crippen LogP contribution in [0.25, 0.3) is 16.9 Å². The number of nitrogens with zero attached hydrogens (tertiary/aromatic N) is 5. The molecular formula is C11H8N6O2. The van der Waals surface area contributed by atoms with E-state index in [1.165, 1.54) is 24.8 Å². The van der Waals surface area contributed by atoms with E-state index < -0.39 is 4.92 Å². The van der Waals surface area contributed by atoms with Gasteiger partial charge in [0.25, 0.3) is 5.69 Å². The molecule has 0 unspecified atom stereocenters. The summed E-state index contributed by atoms with van der Waals surface area (Å²) in [4.78, 5) is 22.4. The summed E-state index contributed by atoms with van der Waals surface area (Å²) in [6.45, 7) is 0. The standard InChI is InChI=1S/C11H8N6O2/c12-10-9-11(14-5-13-10)16(6-15-9)7-2-1-3-8(4-7)17(18)19/h1-6H,(H2,12,13,14). The van der Waals surface area contributed by atoms with E-state index in [0.29, 0.717) is 16.9 Å². The zero-order chi connectivity index (χ0) is 13.4. The van der Waals surface area contributed by atoms with Crippen molar-refractivity contribution in [3.8, 4) is 5.69 Å². The lowest BCUT2D eigenvalue weighted by atomic mass is 10.3. The highest BCUT2D eigenvalue weighted by atomic mass is 16.6. The van der Waals surface area contributed by atoms with Crippen LogP contribution in [0, 0.1) is 10.1 Å². The van der Waals surface area contributed by atoms with E-state index in [2.05, 4.69) is 15.0 Å². The van der Waals surface area contributed by atoms with Gasteiger partial charge in [-0.25, -0.2) is 15.0 Å². The largest absolute Gasteiger partial charge is 0.382 e. The summed E-state index contributed by atoms with van der Waals surface area (Å²) < 4.78 is 1.63. The molecule has 8 heteroatoms. The minimum absolute atomic E-state index is 0.00128. The van der Waals surface area contributed by atoms with Crippen molar-refractivity contribution in [2.75, 3.05) is 5.73 Å². The summed E-state index contributed by atoms with van der Waals surface area (Å²) >= 11 is 0. The molecular weight excluding hydrogens is 248 g/mol. The number of imidazole rings is 1. The number of benzene rings is 1. The third kappa shape index (κ3) is 1.75. The maximum Gasteiger partial charge on any atom is 0.271 e. The number of hydrogen-bond acceptors (Lipinski definition) is 6. The van der Waals surface area contributed by atoms with Crippen LogP contribution in [0.4, 0.5) is 11.5 Å². The summed E-state index contributed by atoms with van der Waals surface area (Å²) in [6.07, 6.45) is 2.84. The summed E-state index contributed by atoms with van der Waals surface area (Å²) in [5.41, 5.74) is 7.26. The summed E-state index contributed by atoms with van der Waals surface area (Å²) in [6, 6.07) is 6.20. The maximum absolute atomic E-state index is 10.8. The van der Waals surface area contributed by atoms with Crippen molar-refractivity contribution >= 4 is 22.7 Å². The molecule has 0 saturated heterocycles. The van der Waals surface area contributed by atoms with Crippen molar-refractivity contribution in [2.45, 2.75) is 0 Å². The fraction of sp³-hybridized carbons (Fsp3) is 0. The van der Waals surface area contributed by atoms with E-state index in [1.807, 2.05) is 0 Å². The van der Waals surface area contributed by atoms with E-state index in [4.69, 9.17) is 5.73 Å². The molecule has 0 saturated carbocycles. The molecule has 0 radical (unpaired) electrons. The topological polar surface area (TPSA) is 113 Å². The molecule has 0 bridgehead atoms. The minimum atomic E-state index is -0.452. The molecule has 2 aromatic heterocycles. The van der Waals surface area contributed by atoms with Crippen LogP contribution in [-0.4, -0.2) is 24.4 Å². The van der Waals surface area contributed by atoms with Gasteiger partial charge >= 0.3 is 0 Å². The van der Waals surface area contributed by atoms with Crippen LogP contribution in [-0.2, 0) is 0 Å². The Hall–Kier alpha value is -3.03. The van der Waals surface area contributed by atoms with Gasteiger partial charge in [0.1, 0.15) is 12.7 Å². The second-order valence-electron chi connectivity index (χ2n) is 3.82. The second kappa shape index (κ2) is 4.02. The summed E-state index contributed by atoms with van der Waals surface area (Å²) in [5.74, 6) is 0.272. The highest BCUT2D eigenvalue weighted by Gasteiger charge is 2.12. The van der Waals surface area contributed by atoms with Crippen LogP contribution in [0.5, 0.6) is 0 Å². The summed E-state index contributed by atoms with van der Waals surface area (Å²) in [7, 11) is 0. The molecule has 2 N–H and O–H groups in total. The van der Waals surface area contributed by atoms with Gasteiger partial charge < -0.3 is 5.73 Å². The molecule has 0 spiro atoms. The van der Waals surface area contributed by atoms with Crippen molar-refractivity contribution in [2.24, 2.45) is 0 Å². The molecule has 3 rings (SSSR count). The number of hydrogen-bond donors (Lipinski definition) is 1. The SMILES string of the molecule is Nc1ncnc2c1ncn2-c1cccc([N+](=O)[O-])c1. The van der Waals surface area contributed by atoms with Crippen LogP contribution in [0.1, 0.15) is 0 Å². The number of aromatic nitrogens is 4. The molecule has 3 aromatic rings. The number of fused-ring (bicyclic) bond motifs is 1. The maximum atomic E-state index is 10.8. The average Bonchev–Trinajstić information content (AvgIpc) is 2.84. The molecule has 0 aliphatic heterocycles. The Morgan fingerprint density at radius 1 is 1.26 bits per heavy atom. The fourth-order valence-corrected chi connectivity index (χ4v) is 1.80. The zero-order valence-corrected chi connectivity index (χ0v) is 9.59. The molecule has 94 valence electrons. The van der Waals surface area contributed by atoms with Gasteiger partial charge in [-0.2, -0.15) is 0 Å². The van der Waals surface area contributed by atoms with Crippen molar-refractivity contribution in [3.63, 3.8) is 0 Å². The molecule has 0 amide bonds. The monoisotopic (exact) mass is 256 g/mol. The quantitative estimate of drug-likeness (QED) is 0.546.